The van der Waals surface area contributed by atoms with Crippen molar-refractivity contribution < 1.29 is 8.42 Å². The Hall–Kier alpha value is -2.27. The monoisotopic (exact) mass is 370 g/mol. The highest BCUT2D eigenvalue weighted by molar-refractivity contribution is 7.92. The molecule has 0 fully saturated rings. The number of benzene rings is 2. The molecule has 5 heteroatoms. The second-order valence-corrected chi connectivity index (χ2v) is 9.25. The van der Waals surface area contributed by atoms with Crippen molar-refractivity contribution in [2.45, 2.75) is 27.3 Å². The molecule has 0 spiro atoms. The van der Waals surface area contributed by atoms with Crippen molar-refractivity contribution in [2.75, 3.05) is 17.5 Å². The highest BCUT2D eigenvalue weighted by atomic mass is 32.2. The molecule has 1 heterocycles. The Morgan fingerprint density at radius 2 is 1.92 bits per heavy atom. The van der Waals surface area contributed by atoms with Gasteiger partial charge in [0.15, 0.2) is 0 Å². The van der Waals surface area contributed by atoms with Crippen LogP contribution in [0.4, 0.5) is 5.69 Å². The Bertz CT molecular complexity index is 962. The van der Waals surface area contributed by atoms with Crippen LogP contribution in [0.5, 0.6) is 0 Å². The van der Waals surface area contributed by atoms with Crippen LogP contribution in [0.1, 0.15) is 30.5 Å². The molecule has 0 unspecified atom stereocenters. The summed E-state index contributed by atoms with van der Waals surface area (Å²) in [6.45, 7) is 12.7. The van der Waals surface area contributed by atoms with Gasteiger partial charge in [-0.05, 0) is 53.3 Å². The average molecular weight is 371 g/mol. The van der Waals surface area contributed by atoms with Gasteiger partial charge >= 0.3 is 0 Å². The van der Waals surface area contributed by atoms with E-state index in [9.17, 15) is 8.42 Å². The molecule has 0 saturated carbocycles. The average Bonchev–Trinajstić information content (AvgIpc) is 2.81. The number of anilines is 1. The molecule has 2 aromatic rings. The molecule has 138 valence electrons. The van der Waals surface area contributed by atoms with Crippen LogP contribution in [0.15, 0.2) is 43.0 Å². The van der Waals surface area contributed by atoms with E-state index in [2.05, 4.69) is 49.1 Å². The summed E-state index contributed by atoms with van der Waals surface area (Å²) < 4.78 is 25.5. The Morgan fingerprint density at radius 1 is 1.19 bits per heavy atom. The van der Waals surface area contributed by atoms with Crippen LogP contribution < -0.4 is 4.72 Å². The highest BCUT2D eigenvalue weighted by Crippen LogP contribution is 2.37. The second kappa shape index (κ2) is 6.80. The minimum absolute atomic E-state index is 0.578. The molecule has 26 heavy (non-hydrogen) atoms. The molecular formula is C21H26N2O2S. The molecule has 0 aliphatic carbocycles. The van der Waals surface area contributed by atoms with E-state index in [1.54, 1.807) is 6.07 Å². The van der Waals surface area contributed by atoms with E-state index in [4.69, 9.17) is 0 Å². The van der Waals surface area contributed by atoms with Crippen molar-refractivity contribution in [1.29, 1.82) is 0 Å². The summed E-state index contributed by atoms with van der Waals surface area (Å²) in [6, 6.07) is 11.9. The molecule has 1 N–H and O–H groups in total. The van der Waals surface area contributed by atoms with Gasteiger partial charge in [0.05, 0.1) is 6.26 Å². The van der Waals surface area contributed by atoms with Crippen LogP contribution in [0, 0.1) is 12.8 Å². The molecule has 0 saturated heterocycles. The highest BCUT2D eigenvalue weighted by Gasteiger charge is 2.25. The first-order valence-corrected chi connectivity index (χ1v) is 10.7. The number of sulfonamides is 1. The van der Waals surface area contributed by atoms with Gasteiger partial charge in [-0.1, -0.05) is 38.6 Å². The van der Waals surface area contributed by atoms with Gasteiger partial charge in [-0.2, -0.15) is 0 Å². The number of hydrogen-bond donors (Lipinski definition) is 1. The predicted molar refractivity (Wildman–Crippen MR) is 109 cm³/mol. The number of aryl methyl sites for hydroxylation is 1. The first kappa shape index (κ1) is 18.5. The summed E-state index contributed by atoms with van der Waals surface area (Å²) in [5.41, 5.74) is 7.51. The zero-order valence-corrected chi connectivity index (χ0v) is 16.7. The van der Waals surface area contributed by atoms with Crippen molar-refractivity contribution in [2.24, 2.45) is 5.92 Å². The van der Waals surface area contributed by atoms with E-state index in [1.165, 1.54) is 16.7 Å². The lowest BCUT2D eigenvalue weighted by atomic mass is 9.95. The molecular weight excluding hydrogens is 344 g/mol. The van der Waals surface area contributed by atoms with E-state index in [0.717, 1.165) is 36.2 Å². The van der Waals surface area contributed by atoms with Gasteiger partial charge in [0.1, 0.15) is 0 Å². The Labute approximate surface area is 156 Å². The van der Waals surface area contributed by atoms with E-state index < -0.39 is 10.0 Å². The van der Waals surface area contributed by atoms with Crippen molar-refractivity contribution in [1.82, 2.24) is 4.90 Å². The quantitative estimate of drug-likeness (QED) is 0.844. The van der Waals surface area contributed by atoms with Crippen LogP contribution in [0.25, 0.3) is 16.8 Å². The van der Waals surface area contributed by atoms with Crippen LogP contribution in [-0.2, 0) is 16.6 Å². The fourth-order valence-corrected chi connectivity index (χ4v) is 4.17. The topological polar surface area (TPSA) is 49.4 Å². The SMILES string of the molecule is C=C1c2c(C)cc(-c3cccc(NS(C)(=O)=O)c3)cc2CN1CC(C)C. The summed E-state index contributed by atoms with van der Waals surface area (Å²) in [5, 5.41) is 0. The van der Waals surface area contributed by atoms with Gasteiger partial charge in [0.2, 0.25) is 10.0 Å². The van der Waals surface area contributed by atoms with Gasteiger partial charge < -0.3 is 4.90 Å². The summed E-state index contributed by atoms with van der Waals surface area (Å²) in [6.07, 6.45) is 1.16. The Balaban J connectivity index is 1.97. The maximum Gasteiger partial charge on any atom is 0.229 e. The van der Waals surface area contributed by atoms with Crippen LogP contribution in [-0.4, -0.2) is 26.1 Å². The summed E-state index contributed by atoms with van der Waals surface area (Å²) in [5.74, 6) is 0.583. The first-order valence-electron chi connectivity index (χ1n) is 8.80. The van der Waals surface area contributed by atoms with Gasteiger partial charge in [-0.3, -0.25) is 4.72 Å². The molecule has 0 amide bonds. The minimum atomic E-state index is -3.29. The third-order valence-corrected chi connectivity index (χ3v) is 5.14. The summed E-state index contributed by atoms with van der Waals surface area (Å²) in [4.78, 5) is 2.34. The number of nitrogens with one attached hydrogen (secondary N) is 1. The fourth-order valence-electron chi connectivity index (χ4n) is 3.62. The van der Waals surface area contributed by atoms with E-state index in [1.807, 2.05) is 18.2 Å². The maximum absolute atomic E-state index is 11.5. The standard InChI is InChI=1S/C21H26N2O2S/c1-14(2)12-23-13-19-10-18(9-15(3)21(19)16(23)4)17-7-6-8-20(11-17)22-26(5,24)25/h6-11,14,22H,4,12-13H2,1-3,5H3. The number of nitrogens with zero attached hydrogens (tertiary/aromatic N) is 1. The Morgan fingerprint density at radius 3 is 2.58 bits per heavy atom. The van der Waals surface area contributed by atoms with Gasteiger partial charge in [0, 0.05) is 30.0 Å². The van der Waals surface area contributed by atoms with Crippen molar-refractivity contribution in [3.63, 3.8) is 0 Å². The first-order chi connectivity index (χ1) is 12.1. The van der Waals surface area contributed by atoms with Crippen molar-refractivity contribution >= 4 is 21.4 Å². The third-order valence-electron chi connectivity index (χ3n) is 4.53. The number of hydrogen-bond acceptors (Lipinski definition) is 3. The molecule has 0 bridgehead atoms. The molecule has 0 aromatic heterocycles. The lowest BCUT2D eigenvalue weighted by molar-refractivity contribution is 0.357. The normalized spacial score (nSPS) is 14.0. The molecule has 4 nitrogen and oxygen atoms in total. The number of rotatable bonds is 5. The lowest BCUT2D eigenvalue weighted by Gasteiger charge is -2.21. The lowest BCUT2D eigenvalue weighted by Crippen LogP contribution is -2.20. The summed E-state index contributed by atoms with van der Waals surface area (Å²) in [7, 11) is -3.29. The molecule has 0 radical (unpaired) electrons. The fraction of sp³-hybridized carbons (Fsp3) is 0.333. The van der Waals surface area contributed by atoms with E-state index >= 15 is 0 Å². The number of fused-ring (bicyclic) bond motifs is 1. The Kier molecular flexibility index (Phi) is 4.84. The van der Waals surface area contributed by atoms with Crippen LogP contribution >= 0.6 is 0 Å². The van der Waals surface area contributed by atoms with E-state index in [-0.39, 0.29) is 0 Å². The second-order valence-electron chi connectivity index (χ2n) is 7.50. The molecule has 0 atom stereocenters. The zero-order valence-electron chi connectivity index (χ0n) is 15.8. The third kappa shape index (κ3) is 3.93. The van der Waals surface area contributed by atoms with Crippen molar-refractivity contribution in [3.05, 3.63) is 59.7 Å². The molecule has 3 rings (SSSR count). The molecule has 1 aliphatic rings. The predicted octanol–water partition coefficient (Wildman–Crippen LogP) is 4.48. The van der Waals surface area contributed by atoms with Gasteiger partial charge in [0.25, 0.3) is 0 Å². The van der Waals surface area contributed by atoms with Gasteiger partial charge in [-0.25, -0.2) is 8.42 Å². The van der Waals surface area contributed by atoms with Crippen molar-refractivity contribution in [3.8, 4) is 11.1 Å². The summed E-state index contributed by atoms with van der Waals surface area (Å²) >= 11 is 0. The van der Waals surface area contributed by atoms with E-state index in [0.29, 0.717) is 11.6 Å². The smallest absolute Gasteiger partial charge is 0.229 e. The molecule has 2 aromatic carbocycles. The van der Waals surface area contributed by atoms with Crippen LogP contribution in [0.2, 0.25) is 0 Å². The van der Waals surface area contributed by atoms with Crippen LogP contribution in [0.3, 0.4) is 0 Å². The molecule has 1 aliphatic heterocycles. The zero-order chi connectivity index (χ0) is 19.1. The largest absolute Gasteiger partial charge is 0.367 e. The maximum atomic E-state index is 11.5. The minimum Gasteiger partial charge on any atom is -0.367 e. The van der Waals surface area contributed by atoms with Gasteiger partial charge in [-0.15, -0.1) is 0 Å².